The molecule has 7 heteroatoms. The fourth-order valence-electron chi connectivity index (χ4n) is 1.07. The van der Waals surface area contributed by atoms with E-state index in [1.807, 2.05) is 6.92 Å². The first kappa shape index (κ1) is 19.8. The lowest BCUT2D eigenvalue weighted by Crippen LogP contribution is -2.27. The van der Waals surface area contributed by atoms with Gasteiger partial charge in [-0.1, -0.05) is 6.92 Å². The first-order chi connectivity index (χ1) is 9.58. The van der Waals surface area contributed by atoms with E-state index in [0.29, 0.717) is 6.42 Å². The molecule has 124 valence electrons. The van der Waals surface area contributed by atoms with Gasteiger partial charge in [0.05, 0.1) is 18.6 Å². The Morgan fingerprint density at radius 1 is 1.00 bits per heavy atom. The largest absolute Gasteiger partial charge is 0.464 e. The number of hydrogen-bond acceptors (Lipinski definition) is 5. The highest BCUT2D eigenvalue weighted by Crippen LogP contribution is 2.21. The summed E-state index contributed by atoms with van der Waals surface area (Å²) in [5.41, 5.74) is -0.551. The molecule has 0 N–H and O–H groups in total. The Morgan fingerprint density at radius 2 is 1.62 bits per heavy atom. The molecule has 21 heavy (non-hydrogen) atoms. The van der Waals surface area contributed by atoms with Crippen LogP contribution in [-0.4, -0.2) is 44.3 Å². The molecule has 0 atom stereocenters. The Kier molecular flexibility index (Phi) is 8.39. The number of hydrogen-bond donors (Lipinski definition) is 0. The molecule has 0 rings (SSSR count). The standard InChI is InChI=1S/C14H24F2O5/c1-5-13(2,3)12(18)21-9-8-19-10-11(17)20-7-6-14(4,15)16/h5-10H2,1-4H3. The molecular formula is C14H24F2O5. The maximum atomic E-state index is 12.5. The zero-order valence-electron chi connectivity index (χ0n) is 13.0. The minimum Gasteiger partial charge on any atom is -0.464 e. The van der Waals surface area contributed by atoms with Gasteiger partial charge in [0.2, 0.25) is 5.92 Å². The summed E-state index contributed by atoms with van der Waals surface area (Å²) >= 11 is 0. The van der Waals surface area contributed by atoms with E-state index in [9.17, 15) is 18.4 Å². The van der Waals surface area contributed by atoms with Crippen molar-refractivity contribution in [1.82, 2.24) is 0 Å². The van der Waals surface area contributed by atoms with E-state index in [1.165, 1.54) is 0 Å². The molecule has 0 aromatic rings. The van der Waals surface area contributed by atoms with Gasteiger partial charge < -0.3 is 14.2 Å². The molecule has 0 aliphatic rings. The fraction of sp³-hybridized carbons (Fsp3) is 0.857. The van der Waals surface area contributed by atoms with Crippen LogP contribution in [0.3, 0.4) is 0 Å². The molecule has 0 heterocycles. The van der Waals surface area contributed by atoms with Gasteiger partial charge in [-0.15, -0.1) is 0 Å². The lowest BCUT2D eigenvalue weighted by Gasteiger charge is -2.20. The van der Waals surface area contributed by atoms with Gasteiger partial charge in [0.1, 0.15) is 13.2 Å². The van der Waals surface area contributed by atoms with E-state index in [-0.39, 0.29) is 32.4 Å². The number of carbonyl (C=O) groups excluding carboxylic acids is 2. The molecule has 0 radical (unpaired) electrons. The predicted molar refractivity (Wildman–Crippen MR) is 72.0 cm³/mol. The molecule has 0 aromatic heterocycles. The maximum Gasteiger partial charge on any atom is 0.332 e. The lowest BCUT2D eigenvalue weighted by atomic mass is 9.91. The third-order valence-corrected chi connectivity index (χ3v) is 2.92. The average molecular weight is 310 g/mol. The SMILES string of the molecule is CCC(C)(C)C(=O)OCCOCC(=O)OCCC(C)(F)F. The van der Waals surface area contributed by atoms with Crippen molar-refractivity contribution in [3.63, 3.8) is 0 Å². The van der Waals surface area contributed by atoms with Crippen LogP contribution in [-0.2, 0) is 23.8 Å². The van der Waals surface area contributed by atoms with Crippen molar-refractivity contribution in [3.05, 3.63) is 0 Å². The Labute approximate surface area is 123 Å². The minimum atomic E-state index is -2.86. The third-order valence-electron chi connectivity index (χ3n) is 2.92. The van der Waals surface area contributed by atoms with Gasteiger partial charge in [-0.3, -0.25) is 4.79 Å². The Bertz CT molecular complexity index is 337. The minimum absolute atomic E-state index is 0.0303. The molecule has 5 nitrogen and oxygen atoms in total. The molecule has 0 saturated carbocycles. The molecule has 0 spiro atoms. The summed E-state index contributed by atoms with van der Waals surface area (Å²) in [5, 5.41) is 0. The molecule has 0 saturated heterocycles. The highest BCUT2D eigenvalue weighted by molar-refractivity contribution is 5.75. The van der Waals surface area contributed by atoms with Gasteiger partial charge in [0.15, 0.2) is 0 Å². The summed E-state index contributed by atoms with van der Waals surface area (Å²) in [7, 11) is 0. The zero-order valence-corrected chi connectivity index (χ0v) is 13.0. The zero-order chi connectivity index (χ0) is 16.5. The summed E-state index contributed by atoms with van der Waals surface area (Å²) < 4.78 is 39.4. The Hall–Kier alpha value is -1.24. The van der Waals surface area contributed by atoms with Crippen LogP contribution in [0.2, 0.25) is 0 Å². The van der Waals surface area contributed by atoms with Crippen LogP contribution >= 0.6 is 0 Å². The van der Waals surface area contributed by atoms with Crippen LogP contribution in [0.5, 0.6) is 0 Å². The number of ether oxygens (including phenoxy) is 3. The molecule has 0 bridgehead atoms. The van der Waals surface area contributed by atoms with Crippen LogP contribution in [0.15, 0.2) is 0 Å². The van der Waals surface area contributed by atoms with Crippen molar-refractivity contribution >= 4 is 11.9 Å². The van der Waals surface area contributed by atoms with Gasteiger partial charge >= 0.3 is 11.9 Å². The van der Waals surface area contributed by atoms with Crippen LogP contribution in [0.4, 0.5) is 8.78 Å². The molecule has 0 aromatic carbocycles. The second-order valence-electron chi connectivity index (χ2n) is 5.47. The number of halogens is 2. The first-order valence-corrected chi connectivity index (χ1v) is 6.87. The summed E-state index contributed by atoms with van der Waals surface area (Å²) in [5.74, 6) is -3.91. The highest BCUT2D eigenvalue weighted by atomic mass is 19.3. The van der Waals surface area contributed by atoms with Crippen molar-refractivity contribution in [2.24, 2.45) is 5.41 Å². The van der Waals surface area contributed by atoms with Crippen LogP contribution in [0, 0.1) is 5.41 Å². The van der Waals surface area contributed by atoms with Crippen LogP contribution < -0.4 is 0 Å². The van der Waals surface area contributed by atoms with E-state index in [1.54, 1.807) is 13.8 Å². The second kappa shape index (κ2) is 8.92. The van der Waals surface area contributed by atoms with Gasteiger partial charge in [0, 0.05) is 6.42 Å². The first-order valence-electron chi connectivity index (χ1n) is 6.87. The summed E-state index contributed by atoms with van der Waals surface area (Å²) in [6.45, 7) is 5.55. The summed E-state index contributed by atoms with van der Waals surface area (Å²) in [6.07, 6.45) is 0.129. The number of alkyl halides is 2. The van der Waals surface area contributed by atoms with Gasteiger partial charge in [-0.05, 0) is 27.2 Å². The van der Waals surface area contributed by atoms with E-state index in [2.05, 4.69) is 4.74 Å². The molecule has 0 aliphatic heterocycles. The second-order valence-corrected chi connectivity index (χ2v) is 5.47. The van der Waals surface area contributed by atoms with Crippen molar-refractivity contribution in [3.8, 4) is 0 Å². The Balaban J connectivity index is 3.63. The van der Waals surface area contributed by atoms with Crippen molar-refractivity contribution in [1.29, 1.82) is 0 Å². The fourth-order valence-corrected chi connectivity index (χ4v) is 1.07. The molecule has 0 aliphatic carbocycles. The van der Waals surface area contributed by atoms with E-state index in [0.717, 1.165) is 6.92 Å². The number of esters is 2. The van der Waals surface area contributed by atoms with Crippen LogP contribution in [0.25, 0.3) is 0 Å². The number of rotatable bonds is 10. The van der Waals surface area contributed by atoms with Gasteiger partial charge in [-0.2, -0.15) is 0 Å². The predicted octanol–water partition coefficient (Wildman–Crippen LogP) is 2.57. The third kappa shape index (κ3) is 10.2. The van der Waals surface area contributed by atoms with Gasteiger partial charge in [-0.25, -0.2) is 13.6 Å². The highest BCUT2D eigenvalue weighted by Gasteiger charge is 2.26. The van der Waals surface area contributed by atoms with Crippen LogP contribution in [0.1, 0.15) is 40.5 Å². The van der Waals surface area contributed by atoms with Crippen molar-refractivity contribution < 1.29 is 32.6 Å². The smallest absolute Gasteiger partial charge is 0.332 e. The lowest BCUT2D eigenvalue weighted by molar-refractivity contribution is -0.157. The summed E-state index contributed by atoms with van der Waals surface area (Å²) in [6, 6.07) is 0. The molecule has 0 unspecified atom stereocenters. The van der Waals surface area contributed by atoms with E-state index < -0.39 is 23.7 Å². The molecule has 0 fully saturated rings. The normalized spacial score (nSPS) is 12.1. The monoisotopic (exact) mass is 310 g/mol. The number of carbonyl (C=O) groups is 2. The van der Waals surface area contributed by atoms with Crippen molar-refractivity contribution in [2.75, 3.05) is 26.4 Å². The molecular weight excluding hydrogens is 286 g/mol. The van der Waals surface area contributed by atoms with Gasteiger partial charge in [0.25, 0.3) is 0 Å². The Morgan fingerprint density at radius 3 is 2.14 bits per heavy atom. The maximum absolute atomic E-state index is 12.5. The van der Waals surface area contributed by atoms with Crippen molar-refractivity contribution in [2.45, 2.75) is 46.5 Å². The summed E-state index contributed by atoms with van der Waals surface area (Å²) in [4.78, 5) is 22.7. The average Bonchev–Trinajstić information content (AvgIpc) is 2.36. The van der Waals surface area contributed by atoms with E-state index >= 15 is 0 Å². The topological polar surface area (TPSA) is 61.8 Å². The van der Waals surface area contributed by atoms with E-state index in [4.69, 9.17) is 9.47 Å². The molecule has 0 amide bonds. The quantitative estimate of drug-likeness (QED) is 0.458.